The Morgan fingerprint density at radius 2 is 2.00 bits per heavy atom. The third-order valence-corrected chi connectivity index (χ3v) is 5.13. The van der Waals surface area contributed by atoms with Gasteiger partial charge in [-0.15, -0.1) is 0 Å². The largest absolute Gasteiger partial charge is 0.485 e. The van der Waals surface area contributed by atoms with Gasteiger partial charge in [-0.2, -0.15) is 0 Å². The summed E-state index contributed by atoms with van der Waals surface area (Å²) in [6.07, 6.45) is 1.70. The summed E-state index contributed by atoms with van der Waals surface area (Å²) in [7, 11) is 0. The molecule has 0 radical (unpaired) electrons. The van der Waals surface area contributed by atoms with Crippen LogP contribution in [0.2, 0.25) is 0 Å². The maximum Gasteiger partial charge on any atom is 0.263 e. The number of rotatable bonds is 4. The number of ether oxygens (including phenoxy) is 1. The maximum absolute atomic E-state index is 11.9. The molecule has 24 heavy (non-hydrogen) atoms. The Bertz CT molecular complexity index is 821. The monoisotopic (exact) mass is 419 g/mol. The lowest BCUT2D eigenvalue weighted by Crippen LogP contribution is -2.17. The van der Waals surface area contributed by atoms with Crippen LogP contribution in [0.25, 0.3) is 6.08 Å². The van der Waals surface area contributed by atoms with Crippen molar-refractivity contribution in [1.82, 2.24) is 5.32 Å². The number of thiocarbonyl (C=S) groups is 1. The minimum atomic E-state index is -0.174. The normalized spacial score (nSPS) is 17.0. The first-order valence-electron chi connectivity index (χ1n) is 7.29. The molecule has 122 valence electrons. The number of hydrogen-bond donors (Lipinski definition) is 1. The first-order valence-corrected chi connectivity index (χ1v) is 9.31. The zero-order valence-electron chi connectivity index (χ0n) is 12.8. The van der Waals surface area contributed by atoms with Gasteiger partial charge in [0.15, 0.2) is 0 Å². The molecule has 1 aliphatic rings. The Kier molecular flexibility index (Phi) is 5.38. The van der Waals surface area contributed by atoms with Gasteiger partial charge in [0.1, 0.15) is 16.2 Å². The average Bonchev–Trinajstić information content (AvgIpc) is 2.88. The highest BCUT2D eigenvalue weighted by Crippen LogP contribution is 2.33. The van der Waals surface area contributed by atoms with Crippen LogP contribution in [0.4, 0.5) is 0 Å². The second-order valence-corrected chi connectivity index (χ2v) is 7.84. The molecule has 6 heteroatoms. The van der Waals surface area contributed by atoms with E-state index in [1.54, 1.807) is 6.08 Å². The van der Waals surface area contributed by atoms with E-state index in [9.17, 15) is 4.79 Å². The molecule has 0 bridgehead atoms. The van der Waals surface area contributed by atoms with Gasteiger partial charge in [-0.3, -0.25) is 4.79 Å². The highest BCUT2D eigenvalue weighted by molar-refractivity contribution is 9.10. The fourth-order valence-electron chi connectivity index (χ4n) is 2.28. The number of carbonyl (C=O) groups excluding carboxylic acids is 1. The van der Waals surface area contributed by atoms with Crippen molar-refractivity contribution in [2.45, 2.75) is 13.0 Å². The summed E-state index contributed by atoms with van der Waals surface area (Å²) < 4.78 is 7.51. The summed E-state index contributed by atoms with van der Waals surface area (Å²) in [6.45, 7) is 2.00. The number of amides is 1. The number of hydrogen-bond acceptors (Lipinski definition) is 4. The summed E-state index contributed by atoms with van der Waals surface area (Å²) in [5.74, 6) is 0.542. The van der Waals surface area contributed by atoms with E-state index in [0.29, 0.717) is 15.0 Å². The fraction of sp³-hybridized carbons (Fsp3) is 0.111. The van der Waals surface area contributed by atoms with Gasteiger partial charge in [0, 0.05) is 10.0 Å². The summed E-state index contributed by atoms with van der Waals surface area (Å²) in [4.78, 5) is 12.5. The van der Waals surface area contributed by atoms with Gasteiger partial charge in [0.05, 0.1) is 4.91 Å². The van der Waals surface area contributed by atoms with Crippen LogP contribution in [0.1, 0.15) is 24.2 Å². The smallest absolute Gasteiger partial charge is 0.263 e. The Morgan fingerprint density at radius 3 is 2.67 bits per heavy atom. The van der Waals surface area contributed by atoms with Crippen LogP contribution in [0.5, 0.6) is 5.75 Å². The zero-order valence-corrected chi connectivity index (χ0v) is 16.0. The first-order chi connectivity index (χ1) is 11.5. The quantitative estimate of drug-likeness (QED) is 0.553. The van der Waals surface area contributed by atoms with Crippen molar-refractivity contribution in [3.05, 3.63) is 69.0 Å². The van der Waals surface area contributed by atoms with Crippen LogP contribution in [0.3, 0.4) is 0 Å². The minimum absolute atomic E-state index is 0.101. The maximum atomic E-state index is 11.9. The Labute approximate surface area is 158 Å². The second-order valence-electron chi connectivity index (χ2n) is 5.21. The van der Waals surface area contributed by atoms with Gasteiger partial charge < -0.3 is 10.1 Å². The molecule has 3 nitrogen and oxygen atoms in total. The number of nitrogens with one attached hydrogen (secondary N) is 1. The van der Waals surface area contributed by atoms with Crippen LogP contribution >= 0.6 is 39.9 Å². The molecule has 1 heterocycles. The van der Waals surface area contributed by atoms with Gasteiger partial charge in [-0.05, 0) is 36.8 Å². The topological polar surface area (TPSA) is 38.3 Å². The molecular weight excluding hydrogens is 406 g/mol. The molecule has 1 amide bonds. The molecule has 1 fully saturated rings. The molecule has 0 saturated carbocycles. The molecule has 1 atom stereocenters. The van der Waals surface area contributed by atoms with Gasteiger partial charge in [0.25, 0.3) is 5.91 Å². The SMILES string of the molecule is CC(Oc1ccc(Br)cc1/C=C1/SC(=S)NC1=O)c1ccccc1. The van der Waals surface area contributed by atoms with E-state index in [1.165, 1.54) is 11.8 Å². The second kappa shape index (κ2) is 7.51. The summed E-state index contributed by atoms with van der Waals surface area (Å²) >= 11 is 9.76. The van der Waals surface area contributed by atoms with E-state index in [1.807, 2.05) is 55.5 Å². The molecule has 2 aromatic rings. The molecule has 1 N–H and O–H groups in total. The summed E-state index contributed by atoms with van der Waals surface area (Å²) in [5, 5.41) is 2.62. The number of thioether (sulfide) groups is 1. The number of carbonyl (C=O) groups is 1. The molecule has 1 unspecified atom stereocenters. The molecule has 1 saturated heterocycles. The summed E-state index contributed by atoms with van der Waals surface area (Å²) in [5.41, 5.74) is 1.92. The van der Waals surface area contributed by atoms with Crippen molar-refractivity contribution in [3.63, 3.8) is 0 Å². The van der Waals surface area contributed by atoms with Crippen molar-refractivity contribution in [2.24, 2.45) is 0 Å². The molecular formula is C18H14BrNO2S2. The molecule has 0 aromatic heterocycles. The number of halogens is 1. The first kappa shape index (κ1) is 17.2. The molecule has 3 rings (SSSR count). The lowest BCUT2D eigenvalue weighted by atomic mass is 10.1. The fourth-order valence-corrected chi connectivity index (χ4v) is 3.70. The van der Waals surface area contributed by atoms with Crippen LogP contribution < -0.4 is 10.1 Å². The van der Waals surface area contributed by atoms with Gasteiger partial charge in [-0.25, -0.2) is 0 Å². The summed E-state index contributed by atoms with van der Waals surface area (Å²) in [6, 6.07) is 15.7. The van der Waals surface area contributed by atoms with E-state index in [2.05, 4.69) is 21.2 Å². The Balaban J connectivity index is 1.90. The predicted octanol–water partition coefficient (Wildman–Crippen LogP) is 5.08. The van der Waals surface area contributed by atoms with Crippen molar-refractivity contribution in [2.75, 3.05) is 0 Å². The van der Waals surface area contributed by atoms with Crippen molar-refractivity contribution >= 4 is 56.2 Å². The lowest BCUT2D eigenvalue weighted by molar-refractivity contribution is -0.115. The van der Waals surface area contributed by atoms with Crippen LogP contribution in [-0.4, -0.2) is 10.2 Å². The van der Waals surface area contributed by atoms with Crippen molar-refractivity contribution < 1.29 is 9.53 Å². The van der Waals surface area contributed by atoms with E-state index in [4.69, 9.17) is 17.0 Å². The van der Waals surface area contributed by atoms with Crippen molar-refractivity contribution in [1.29, 1.82) is 0 Å². The Morgan fingerprint density at radius 1 is 1.25 bits per heavy atom. The molecule has 2 aromatic carbocycles. The average molecular weight is 420 g/mol. The van der Waals surface area contributed by atoms with Gasteiger partial charge in [0.2, 0.25) is 0 Å². The molecule has 1 aliphatic heterocycles. The molecule has 0 spiro atoms. The lowest BCUT2D eigenvalue weighted by Gasteiger charge is -2.17. The third-order valence-electron chi connectivity index (χ3n) is 3.47. The minimum Gasteiger partial charge on any atom is -0.485 e. The van der Waals surface area contributed by atoms with Crippen LogP contribution in [0, 0.1) is 0 Å². The highest BCUT2D eigenvalue weighted by atomic mass is 79.9. The standard InChI is InChI=1S/C18H14BrNO2S2/c1-11(12-5-3-2-4-6-12)22-15-8-7-14(19)9-13(15)10-16-17(21)20-18(23)24-16/h2-11H,1H3,(H,20,21,23)/b16-10+. The highest BCUT2D eigenvalue weighted by Gasteiger charge is 2.22. The third kappa shape index (κ3) is 4.06. The van der Waals surface area contributed by atoms with E-state index >= 15 is 0 Å². The van der Waals surface area contributed by atoms with E-state index in [-0.39, 0.29) is 12.0 Å². The van der Waals surface area contributed by atoms with Crippen molar-refractivity contribution in [3.8, 4) is 5.75 Å². The van der Waals surface area contributed by atoms with Crippen LogP contribution in [0.15, 0.2) is 57.9 Å². The predicted molar refractivity (Wildman–Crippen MR) is 106 cm³/mol. The zero-order chi connectivity index (χ0) is 17.1. The molecule has 0 aliphatic carbocycles. The van der Waals surface area contributed by atoms with Gasteiger partial charge in [-0.1, -0.05) is 70.2 Å². The van der Waals surface area contributed by atoms with Gasteiger partial charge >= 0.3 is 0 Å². The van der Waals surface area contributed by atoms with E-state index < -0.39 is 0 Å². The van der Waals surface area contributed by atoms with E-state index in [0.717, 1.165) is 15.6 Å². The Hall–Kier alpha value is -1.63. The number of benzene rings is 2. The van der Waals surface area contributed by atoms with Crippen LogP contribution in [-0.2, 0) is 4.79 Å².